The molecule has 0 aliphatic heterocycles. The van der Waals surface area contributed by atoms with Crippen molar-refractivity contribution in [3.05, 3.63) is 12.2 Å². The molecule has 4 aliphatic carbocycles. The molecule has 0 saturated heterocycles. The van der Waals surface area contributed by atoms with E-state index in [1.54, 1.807) is 0 Å². The number of allylic oxidation sites excluding steroid dienone is 1. The maximum atomic E-state index is 12.6. The average molecular weight is 328 g/mol. The molecule has 0 aromatic heterocycles. The zero-order valence-electron chi connectivity index (χ0n) is 15.6. The molecule has 4 saturated carbocycles. The quantitative estimate of drug-likeness (QED) is 0.637. The summed E-state index contributed by atoms with van der Waals surface area (Å²) in [6.45, 7) is 11.2. The van der Waals surface area contributed by atoms with Crippen LogP contribution in [0.1, 0.15) is 72.1 Å². The summed E-state index contributed by atoms with van der Waals surface area (Å²) in [5, 5.41) is 0. The Morgan fingerprint density at radius 2 is 1.83 bits per heavy atom. The highest BCUT2D eigenvalue weighted by Crippen LogP contribution is 2.67. The fourth-order valence-electron chi connectivity index (χ4n) is 7.35. The molecule has 2 nitrogen and oxygen atoms in total. The summed E-state index contributed by atoms with van der Waals surface area (Å²) in [4.78, 5) is 24.7. The third-order valence-electron chi connectivity index (χ3n) is 8.87. The van der Waals surface area contributed by atoms with E-state index in [1.165, 1.54) is 12.0 Å². The van der Waals surface area contributed by atoms with Crippen molar-refractivity contribution in [1.29, 1.82) is 0 Å². The summed E-state index contributed by atoms with van der Waals surface area (Å²) in [5.41, 5.74) is 1.51. The first-order chi connectivity index (χ1) is 11.3. The largest absolute Gasteiger partial charge is 0.300 e. The Kier molecular flexibility index (Phi) is 3.64. The monoisotopic (exact) mass is 328 g/mol. The maximum Gasteiger partial charge on any atom is 0.139 e. The molecule has 0 N–H and O–H groups in total. The lowest BCUT2D eigenvalue weighted by atomic mass is 9.42. The fraction of sp³-hybridized carbons (Fsp3) is 0.818. The number of Topliss-reactive ketones (excluding diaryl/α,β-unsaturated/α-hetero) is 2. The van der Waals surface area contributed by atoms with Crippen molar-refractivity contribution in [2.45, 2.75) is 72.1 Å². The van der Waals surface area contributed by atoms with E-state index >= 15 is 0 Å². The van der Waals surface area contributed by atoms with Crippen LogP contribution >= 0.6 is 0 Å². The zero-order valence-corrected chi connectivity index (χ0v) is 15.6. The maximum absolute atomic E-state index is 12.6. The van der Waals surface area contributed by atoms with Crippen LogP contribution in [0.25, 0.3) is 0 Å². The van der Waals surface area contributed by atoms with E-state index in [-0.39, 0.29) is 5.41 Å². The molecule has 24 heavy (non-hydrogen) atoms. The van der Waals surface area contributed by atoms with E-state index < -0.39 is 0 Å². The van der Waals surface area contributed by atoms with Crippen LogP contribution in [0.2, 0.25) is 0 Å². The van der Waals surface area contributed by atoms with Crippen molar-refractivity contribution >= 4 is 11.6 Å². The molecule has 0 heterocycles. The number of hydrogen-bond acceptors (Lipinski definition) is 2. The highest BCUT2D eigenvalue weighted by atomic mass is 16.1. The van der Waals surface area contributed by atoms with Crippen LogP contribution in [-0.4, -0.2) is 11.6 Å². The summed E-state index contributed by atoms with van der Waals surface area (Å²) in [7, 11) is 0. The minimum absolute atomic E-state index is 0.0808. The number of rotatable bonds is 1. The molecule has 4 aliphatic rings. The van der Waals surface area contributed by atoms with E-state index in [0.717, 1.165) is 44.9 Å². The first kappa shape index (κ1) is 16.5. The lowest BCUT2D eigenvalue weighted by molar-refractivity contribution is -0.150. The van der Waals surface area contributed by atoms with Gasteiger partial charge in [0.15, 0.2) is 0 Å². The first-order valence-corrected chi connectivity index (χ1v) is 9.98. The highest BCUT2D eigenvalue weighted by Gasteiger charge is 2.62. The number of hydrogen-bond donors (Lipinski definition) is 0. The molecule has 4 fully saturated rings. The van der Waals surface area contributed by atoms with Gasteiger partial charge in [0.2, 0.25) is 0 Å². The van der Waals surface area contributed by atoms with Gasteiger partial charge < -0.3 is 0 Å². The Morgan fingerprint density at radius 1 is 1.08 bits per heavy atom. The van der Waals surface area contributed by atoms with Gasteiger partial charge >= 0.3 is 0 Å². The Hall–Kier alpha value is -0.920. The van der Waals surface area contributed by atoms with Crippen molar-refractivity contribution in [2.24, 2.45) is 40.4 Å². The lowest BCUT2D eigenvalue weighted by Gasteiger charge is -2.62. The second-order valence-electron chi connectivity index (χ2n) is 9.84. The molecular formula is C22H32O2. The molecule has 132 valence electrons. The Morgan fingerprint density at radius 3 is 2.54 bits per heavy atom. The van der Waals surface area contributed by atoms with Crippen molar-refractivity contribution in [2.75, 3.05) is 0 Å². The van der Waals surface area contributed by atoms with Gasteiger partial charge in [0, 0.05) is 24.7 Å². The Balaban J connectivity index is 1.75. The fourth-order valence-corrected chi connectivity index (χ4v) is 7.35. The van der Waals surface area contributed by atoms with E-state index in [2.05, 4.69) is 27.4 Å². The van der Waals surface area contributed by atoms with Crippen molar-refractivity contribution in [3.63, 3.8) is 0 Å². The van der Waals surface area contributed by atoms with Crippen molar-refractivity contribution in [1.82, 2.24) is 0 Å². The standard InChI is InChI=1S/C22H32O2/c1-13(2)16-12-14-11-15(23)7-9-21(14,3)18-8-10-22(4)17(20(16)18)5-6-19(22)24/h14,16-18,20H,1,5-12H2,2-4H3/t14-,16?,17-,18-,20-,21-,22-/m0/s1. The predicted octanol–water partition coefficient (Wildman–Crippen LogP) is 4.97. The van der Waals surface area contributed by atoms with Gasteiger partial charge in [-0.25, -0.2) is 0 Å². The van der Waals surface area contributed by atoms with E-state index in [1.807, 2.05) is 0 Å². The predicted molar refractivity (Wildman–Crippen MR) is 95.4 cm³/mol. The minimum atomic E-state index is -0.0808. The number of carbonyl (C=O) groups is 2. The molecule has 0 bridgehead atoms. The van der Waals surface area contributed by atoms with Crippen LogP contribution < -0.4 is 0 Å². The molecule has 0 radical (unpaired) electrons. The average Bonchev–Trinajstić information content (AvgIpc) is 2.83. The first-order valence-electron chi connectivity index (χ1n) is 9.98. The van der Waals surface area contributed by atoms with Crippen LogP contribution in [-0.2, 0) is 9.59 Å². The van der Waals surface area contributed by atoms with Crippen LogP contribution in [0.4, 0.5) is 0 Å². The zero-order chi connectivity index (χ0) is 17.3. The molecule has 2 heteroatoms. The normalized spacial score (nSPS) is 50.9. The molecule has 7 atom stereocenters. The van der Waals surface area contributed by atoms with Gasteiger partial charge in [-0.1, -0.05) is 26.0 Å². The van der Waals surface area contributed by atoms with E-state index in [9.17, 15) is 9.59 Å². The SMILES string of the molecule is C=C(C)C1C[C@@H]2CC(=O)CC[C@]2(C)[C@H]2CC[C@]3(C)C(=O)CC[C@H]3[C@H]12. The van der Waals surface area contributed by atoms with Gasteiger partial charge in [0.25, 0.3) is 0 Å². The van der Waals surface area contributed by atoms with Gasteiger partial charge in [-0.15, -0.1) is 0 Å². The van der Waals surface area contributed by atoms with Crippen LogP contribution in [0.15, 0.2) is 12.2 Å². The molecular weight excluding hydrogens is 296 g/mol. The van der Waals surface area contributed by atoms with Gasteiger partial charge in [-0.2, -0.15) is 0 Å². The second-order valence-corrected chi connectivity index (χ2v) is 9.84. The highest BCUT2D eigenvalue weighted by molar-refractivity contribution is 5.87. The van der Waals surface area contributed by atoms with Crippen molar-refractivity contribution < 1.29 is 9.59 Å². The van der Waals surface area contributed by atoms with Crippen LogP contribution in [0.5, 0.6) is 0 Å². The van der Waals surface area contributed by atoms with Gasteiger partial charge in [-0.3, -0.25) is 9.59 Å². The minimum Gasteiger partial charge on any atom is -0.300 e. The van der Waals surface area contributed by atoms with Crippen LogP contribution in [0, 0.1) is 40.4 Å². The van der Waals surface area contributed by atoms with E-state index in [4.69, 9.17) is 0 Å². The second kappa shape index (κ2) is 5.29. The molecule has 0 spiro atoms. The summed E-state index contributed by atoms with van der Waals surface area (Å²) >= 11 is 0. The third kappa shape index (κ3) is 2.07. The topological polar surface area (TPSA) is 34.1 Å². The Bertz CT molecular complexity index is 605. The summed E-state index contributed by atoms with van der Waals surface area (Å²) in [6, 6.07) is 0. The molecule has 0 aromatic rings. The molecule has 0 amide bonds. The number of carbonyl (C=O) groups excluding carboxylic acids is 2. The Labute approximate surface area is 146 Å². The van der Waals surface area contributed by atoms with E-state index in [0.29, 0.717) is 46.6 Å². The van der Waals surface area contributed by atoms with Gasteiger partial charge in [0.1, 0.15) is 11.6 Å². The van der Waals surface area contributed by atoms with Crippen molar-refractivity contribution in [3.8, 4) is 0 Å². The molecule has 4 rings (SSSR count). The molecule has 1 unspecified atom stereocenters. The number of ketones is 2. The summed E-state index contributed by atoms with van der Waals surface area (Å²) in [6.07, 6.45) is 7.85. The van der Waals surface area contributed by atoms with Crippen LogP contribution in [0.3, 0.4) is 0 Å². The smallest absolute Gasteiger partial charge is 0.139 e. The summed E-state index contributed by atoms with van der Waals surface area (Å²) < 4.78 is 0. The van der Waals surface area contributed by atoms with Gasteiger partial charge in [-0.05, 0) is 74.0 Å². The third-order valence-corrected chi connectivity index (χ3v) is 8.87. The molecule has 0 aromatic carbocycles. The lowest BCUT2D eigenvalue weighted by Crippen LogP contribution is -2.56. The van der Waals surface area contributed by atoms with Gasteiger partial charge in [0.05, 0.1) is 0 Å². The summed E-state index contributed by atoms with van der Waals surface area (Å²) in [5.74, 6) is 3.85. The number of fused-ring (bicyclic) bond motifs is 5.